The van der Waals surface area contributed by atoms with Gasteiger partial charge in [0.2, 0.25) is 5.91 Å². The van der Waals surface area contributed by atoms with E-state index in [4.69, 9.17) is 11.6 Å². The number of rotatable bonds is 6. The Kier molecular flexibility index (Phi) is 4.98. The summed E-state index contributed by atoms with van der Waals surface area (Å²) in [4.78, 5) is 18.3. The molecule has 1 fully saturated rings. The second kappa shape index (κ2) is 7.55. The molecular weight excluding hydrogens is 344 g/mol. The lowest BCUT2D eigenvalue weighted by molar-refractivity contribution is -0.138. The molecule has 0 unspecified atom stereocenters. The summed E-state index contributed by atoms with van der Waals surface area (Å²) in [5.74, 6) is 0.510. The molecule has 134 valence electrons. The Morgan fingerprint density at radius 3 is 2.62 bits per heavy atom. The van der Waals surface area contributed by atoms with E-state index in [1.807, 2.05) is 35.2 Å². The van der Waals surface area contributed by atoms with Crippen molar-refractivity contribution in [2.75, 3.05) is 6.54 Å². The molecule has 1 heterocycles. The predicted molar refractivity (Wildman–Crippen MR) is 106 cm³/mol. The molecular formula is C22H23ClN2O. The number of halogens is 1. The number of hydrogen-bond acceptors (Lipinski definition) is 1. The summed E-state index contributed by atoms with van der Waals surface area (Å²) in [6.07, 6.45) is 6.16. The maximum Gasteiger partial charge on any atom is 0.225 e. The van der Waals surface area contributed by atoms with E-state index in [2.05, 4.69) is 29.4 Å². The minimum absolute atomic E-state index is 0.213. The van der Waals surface area contributed by atoms with Crippen molar-refractivity contribution in [1.29, 1.82) is 0 Å². The van der Waals surface area contributed by atoms with E-state index in [1.54, 1.807) is 0 Å². The Hall–Kier alpha value is -2.26. The van der Waals surface area contributed by atoms with Crippen LogP contribution >= 0.6 is 11.6 Å². The van der Waals surface area contributed by atoms with Gasteiger partial charge in [-0.15, -0.1) is 0 Å². The molecule has 0 atom stereocenters. The number of amides is 1. The topological polar surface area (TPSA) is 36.1 Å². The number of aromatic amines is 1. The summed E-state index contributed by atoms with van der Waals surface area (Å²) in [6.45, 7) is 1.38. The lowest BCUT2D eigenvalue weighted by Crippen LogP contribution is -2.39. The first kappa shape index (κ1) is 17.2. The molecule has 1 N–H and O–H groups in total. The van der Waals surface area contributed by atoms with Crippen LogP contribution in [0.4, 0.5) is 0 Å². The Bertz CT molecular complexity index is 896. The molecule has 0 radical (unpaired) electrons. The van der Waals surface area contributed by atoms with Crippen molar-refractivity contribution in [3.05, 3.63) is 70.9 Å². The number of nitrogens with zero attached hydrogens (tertiary/aromatic N) is 1. The fourth-order valence-electron chi connectivity index (χ4n) is 3.58. The lowest BCUT2D eigenvalue weighted by atomic mass is 9.84. The van der Waals surface area contributed by atoms with Gasteiger partial charge in [-0.25, -0.2) is 0 Å². The van der Waals surface area contributed by atoms with Gasteiger partial charge in [-0.1, -0.05) is 48.4 Å². The molecule has 0 bridgehead atoms. The van der Waals surface area contributed by atoms with Crippen LogP contribution < -0.4 is 0 Å². The minimum atomic E-state index is 0.213. The number of fused-ring (bicyclic) bond motifs is 1. The van der Waals surface area contributed by atoms with Crippen LogP contribution in [0, 0.1) is 5.92 Å². The molecule has 2 aromatic carbocycles. The Morgan fingerprint density at radius 2 is 1.88 bits per heavy atom. The normalized spacial score (nSPS) is 14.3. The number of H-pyrrole nitrogens is 1. The van der Waals surface area contributed by atoms with Crippen LogP contribution in [0.15, 0.2) is 54.7 Å². The van der Waals surface area contributed by atoms with Gasteiger partial charge in [0, 0.05) is 41.1 Å². The van der Waals surface area contributed by atoms with Gasteiger partial charge in [0.05, 0.1) is 0 Å². The standard InChI is InChI=1S/C22H23ClN2O/c23-19-10-8-16(9-11-19)15-25(22(26)17-4-3-5-17)13-12-18-14-24-21-7-2-1-6-20(18)21/h1-2,6-11,14,17,24H,3-5,12-13,15H2. The second-order valence-corrected chi connectivity index (χ2v) is 7.56. The fourth-order valence-corrected chi connectivity index (χ4v) is 3.71. The third kappa shape index (κ3) is 3.63. The molecule has 1 aliphatic rings. The quantitative estimate of drug-likeness (QED) is 0.640. The maximum absolute atomic E-state index is 12.9. The molecule has 4 rings (SSSR count). The van der Waals surface area contributed by atoms with Crippen LogP contribution in [0.1, 0.15) is 30.4 Å². The number of para-hydroxylation sites is 1. The highest BCUT2D eigenvalue weighted by Gasteiger charge is 2.29. The highest BCUT2D eigenvalue weighted by Crippen LogP contribution is 2.29. The Morgan fingerprint density at radius 1 is 1.12 bits per heavy atom. The summed E-state index contributed by atoms with van der Waals surface area (Å²) >= 11 is 5.99. The molecule has 0 aliphatic heterocycles. The smallest absolute Gasteiger partial charge is 0.225 e. The number of nitrogens with one attached hydrogen (secondary N) is 1. The first-order valence-corrected chi connectivity index (χ1v) is 9.67. The number of carbonyl (C=O) groups excluding carboxylic acids is 1. The Balaban J connectivity index is 1.50. The van der Waals surface area contributed by atoms with Gasteiger partial charge in [0.15, 0.2) is 0 Å². The molecule has 1 amide bonds. The van der Waals surface area contributed by atoms with Gasteiger partial charge in [0.25, 0.3) is 0 Å². The van der Waals surface area contributed by atoms with Crippen molar-refractivity contribution in [1.82, 2.24) is 9.88 Å². The summed E-state index contributed by atoms with van der Waals surface area (Å²) in [5, 5.41) is 1.97. The van der Waals surface area contributed by atoms with Crippen LogP contribution in [-0.2, 0) is 17.8 Å². The first-order valence-electron chi connectivity index (χ1n) is 9.29. The van der Waals surface area contributed by atoms with E-state index in [0.29, 0.717) is 12.5 Å². The van der Waals surface area contributed by atoms with E-state index >= 15 is 0 Å². The molecule has 3 aromatic rings. The van der Waals surface area contributed by atoms with Gasteiger partial charge < -0.3 is 9.88 Å². The van der Waals surface area contributed by atoms with Gasteiger partial charge in [-0.3, -0.25) is 4.79 Å². The average Bonchev–Trinajstić information content (AvgIpc) is 3.02. The van der Waals surface area contributed by atoms with Crippen molar-refractivity contribution in [3.8, 4) is 0 Å². The largest absolute Gasteiger partial charge is 0.361 e. The van der Waals surface area contributed by atoms with Gasteiger partial charge in [-0.2, -0.15) is 0 Å². The molecule has 1 saturated carbocycles. The van der Waals surface area contributed by atoms with E-state index in [9.17, 15) is 4.79 Å². The van der Waals surface area contributed by atoms with Crippen LogP contribution in [0.2, 0.25) is 5.02 Å². The molecule has 1 aromatic heterocycles. The van der Waals surface area contributed by atoms with Crippen LogP contribution in [-0.4, -0.2) is 22.3 Å². The number of carbonyl (C=O) groups is 1. The number of aromatic nitrogens is 1. The van der Waals surface area contributed by atoms with Gasteiger partial charge in [-0.05, 0) is 48.6 Å². The summed E-state index contributed by atoms with van der Waals surface area (Å²) < 4.78 is 0. The minimum Gasteiger partial charge on any atom is -0.361 e. The third-order valence-corrected chi connectivity index (χ3v) is 5.63. The molecule has 0 spiro atoms. The van der Waals surface area contributed by atoms with E-state index in [0.717, 1.165) is 41.9 Å². The average molecular weight is 367 g/mol. The SMILES string of the molecule is O=C(C1CCC1)N(CCc1c[nH]c2ccccc12)Cc1ccc(Cl)cc1. The molecule has 0 saturated heterocycles. The van der Waals surface area contributed by atoms with Crippen molar-refractivity contribution in [3.63, 3.8) is 0 Å². The lowest BCUT2D eigenvalue weighted by Gasteiger charge is -2.32. The van der Waals surface area contributed by atoms with Crippen molar-refractivity contribution in [2.45, 2.75) is 32.2 Å². The zero-order valence-electron chi connectivity index (χ0n) is 14.7. The monoisotopic (exact) mass is 366 g/mol. The Labute approximate surface area is 159 Å². The van der Waals surface area contributed by atoms with E-state index in [1.165, 1.54) is 17.4 Å². The maximum atomic E-state index is 12.9. The molecule has 1 aliphatic carbocycles. The fraction of sp³-hybridized carbons (Fsp3) is 0.318. The zero-order valence-corrected chi connectivity index (χ0v) is 15.5. The first-order chi connectivity index (χ1) is 12.7. The number of hydrogen-bond donors (Lipinski definition) is 1. The highest BCUT2D eigenvalue weighted by atomic mass is 35.5. The molecule has 4 heteroatoms. The molecule has 26 heavy (non-hydrogen) atoms. The van der Waals surface area contributed by atoms with E-state index < -0.39 is 0 Å². The molecule has 3 nitrogen and oxygen atoms in total. The van der Waals surface area contributed by atoms with Crippen molar-refractivity contribution in [2.24, 2.45) is 5.92 Å². The van der Waals surface area contributed by atoms with Crippen molar-refractivity contribution >= 4 is 28.4 Å². The van der Waals surface area contributed by atoms with Gasteiger partial charge in [0.1, 0.15) is 0 Å². The highest BCUT2D eigenvalue weighted by molar-refractivity contribution is 6.30. The third-order valence-electron chi connectivity index (χ3n) is 5.38. The van der Waals surface area contributed by atoms with Crippen LogP contribution in [0.3, 0.4) is 0 Å². The van der Waals surface area contributed by atoms with Crippen molar-refractivity contribution < 1.29 is 4.79 Å². The summed E-state index contributed by atoms with van der Waals surface area (Å²) in [7, 11) is 0. The predicted octanol–water partition coefficient (Wildman–Crippen LogP) is 5.19. The second-order valence-electron chi connectivity index (χ2n) is 7.12. The summed E-state index contributed by atoms with van der Waals surface area (Å²) in [6, 6.07) is 16.1. The number of benzene rings is 2. The van der Waals surface area contributed by atoms with Gasteiger partial charge >= 0.3 is 0 Å². The summed E-state index contributed by atoms with van der Waals surface area (Å²) in [5.41, 5.74) is 3.54. The van der Waals surface area contributed by atoms with Crippen LogP contribution in [0.25, 0.3) is 10.9 Å². The zero-order chi connectivity index (χ0) is 17.9. The van der Waals surface area contributed by atoms with E-state index in [-0.39, 0.29) is 5.92 Å². The van der Waals surface area contributed by atoms with Crippen LogP contribution in [0.5, 0.6) is 0 Å².